The molecule has 1 atom stereocenters. The van der Waals surface area contributed by atoms with Crippen LogP contribution < -0.4 is 5.32 Å². The van der Waals surface area contributed by atoms with Crippen LogP contribution in [0.15, 0.2) is 0 Å². The van der Waals surface area contributed by atoms with Crippen molar-refractivity contribution >= 4 is 6.16 Å². The number of unbranched alkanes of at least 4 members (excludes halogenated alkanes) is 9. The van der Waals surface area contributed by atoms with E-state index in [9.17, 15) is 4.79 Å². The molecule has 0 aromatic rings. The maximum Gasteiger partial charge on any atom is 0.508 e. The van der Waals surface area contributed by atoms with Crippen LogP contribution in [0.1, 0.15) is 124 Å². The van der Waals surface area contributed by atoms with Crippen LogP contribution >= 0.6 is 0 Å². The summed E-state index contributed by atoms with van der Waals surface area (Å²) in [6.45, 7) is 10.9. The Kier molecular flexibility index (Phi) is 20.5. The van der Waals surface area contributed by atoms with Crippen LogP contribution in [0, 0.1) is 5.41 Å². The molecule has 5 heteroatoms. The Labute approximate surface area is 193 Å². The lowest BCUT2D eigenvalue weighted by Crippen LogP contribution is -2.26. The molecule has 0 fully saturated rings. The van der Waals surface area contributed by atoms with E-state index in [1.807, 2.05) is 0 Å². The fourth-order valence-electron chi connectivity index (χ4n) is 3.77. The van der Waals surface area contributed by atoms with Gasteiger partial charge < -0.3 is 19.9 Å². The standard InChI is InChI=1S/C26H53NO4/c1-5-7-9-11-12-14-18-24(17-13-10-8-6-2)31-25(29)30-23-26(3,4)19-15-16-20-27-21-22-28/h24,27-28H,5-23H2,1-4H3. The zero-order chi connectivity index (χ0) is 23.2. The highest BCUT2D eigenvalue weighted by molar-refractivity contribution is 5.60. The molecule has 0 amide bonds. The van der Waals surface area contributed by atoms with Crippen LogP contribution in [-0.4, -0.2) is 43.7 Å². The quantitative estimate of drug-likeness (QED) is 0.139. The van der Waals surface area contributed by atoms with Crippen molar-refractivity contribution in [3.63, 3.8) is 0 Å². The van der Waals surface area contributed by atoms with E-state index in [4.69, 9.17) is 14.6 Å². The second-order valence-electron chi connectivity index (χ2n) is 9.78. The highest BCUT2D eigenvalue weighted by Gasteiger charge is 2.22. The Morgan fingerprint density at radius 3 is 2.03 bits per heavy atom. The molecule has 1 unspecified atom stereocenters. The number of aliphatic hydroxyl groups excluding tert-OH is 1. The molecule has 0 saturated carbocycles. The van der Waals surface area contributed by atoms with Crippen LogP contribution in [0.4, 0.5) is 4.79 Å². The molecule has 0 aliphatic heterocycles. The van der Waals surface area contributed by atoms with Gasteiger partial charge in [0.1, 0.15) is 12.7 Å². The van der Waals surface area contributed by atoms with E-state index in [0.717, 1.165) is 51.5 Å². The van der Waals surface area contributed by atoms with Crippen LogP contribution in [0.25, 0.3) is 0 Å². The Bertz CT molecular complexity index is 401. The molecule has 186 valence electrons. The minimum absolute atomic E-state index is 0.00348. The maximum absolute atomic E-state index is 12.3. The van der Waals surface area contributed by atoms with Crippen molar-refractivity contribution in [2.45, 2.75) is 130 Å². The Morgan fingerprint density at radius 1 is 0.839 bits per heavy atom. The van der Waals surface area contributed by atoms with Gasteiger partial charge in [-0.05, 0) is 50.5 Å². The van der Waals surface area contributed by atoms with Crippen molar-refractivity contribution in [3.8, 4) is 0 Å². The van der Waals surface area contributed by atoms with Gasteiger partial charge in [-0.3, -0.25) is 0 Å². The number of carbonyl (C=O) groups excluding carboxylic acids is 1. The normalized spacial score (nSPS) is 12.7. The summed E-state index contributed by atoms with van der Waals surface area (Å²) in [4.78, 5) is 12.3. The van der Waals surface area contributed by atoms with E-state index in [2.05, 4.69) is 33.0 Å². The summed E-state index contributed by atoms with van der Waals surface area (Å²) >= 11 is 0. The molecule has 5 nitrogen and oxygen atoms in total. The van der Waals surface area contributed by atoms with Crippen molar-refractivity contribution in [1.82, 2.24) is 5.32 Å². The highest BCUT2D eigenvalue weighted by atomic mass is 16.7. The van der Waals surface area contributed by atoms with Gasteiger partial charge in [-0.15, -0.1) is 0 Å². The predicted molar refractivity (Wildman–Crippen MR) is 131 cm³/mol. The molecule has 0 heterocycles. The van der Waals surface area contributed by atoms with Crippen molar-refractivity contribution in [2.24, 2.45) is 5.41 Å². The van der Waals surface area contributed by atoms with E-state index >= 15 is 0 Å². The number of aliphatic hydroxyl groups is 1. The Balaban J connectivity index is 4.19. The highest BCUT2D eigenvalue weighted by Crippen LogP contribution is 2.24. The van der Waals surface area contributed by atoms with Crippen molar-refractivity contribution in [1.29, 1.82) is 0 Å². The molecule has 0 aliphatic rings. The fraction of sp³-hybridized carbons (Fsp3) is 0.962. The number of rotatable bonds is 22. The van der Waals surface area contributed by atoms with Gasteiger partial charge in [-0.25, -0.2) is 4.79 Å². The molecule has 2 N–H and O–H groups in total. The minimum Gasteiger partial charge on any atom is -0.434 e. The summed E-state index contributed by atoms with van der Waals surface area (Å²) in [7, 11) is 0. The van der Waals surface area contributed by atoms with Gasteiger partial charge in [0.25, 0.3) is 0 Å². The summed E-state index contributed by atoms with van der Waals surface area (Å²) in [5, 5.41) is 12.0. The first kappa shape index (κ1) is 30.2. The third kappa shape index (κ3) is 20.8. The SMILES string of the molecule is CCCCCCCCC(CCCCCC)OC(=O)OCC(C)(C)CCCCNCCO. The van der Waals surface area contributed by atoms with Crippen LogP contribution in [0.2, 0.25) is 0 Å². The molecular weight excluding hydrogens is 390 g/mol. The predicted octanol–water partition coefficient (Wildman–Crippen LogP) is 7.01. The molecule has 0 saturated heterocycles. The summed E-state index contributed by atoms with van der Waals surface area (Å²) in [6, 6.07) is 0. The third-order valence-corrected chi connectivity index (χ3v) is 5.85. The summed E-state index contributed by atoms with van der Waals surface area (Å²) < 4.78 is 11.2. The summed E-state index contributed by atoms with van der Waals surface area (Å²) in [5.41, 5.74) is -0.0497. The summed E-state index contributed by atoms with van der Waals surface area (Å²) in [6.07, 6.45) is 16.9. The van der Waals surface area contributed by atoms with Gasteiger partial charge in [-0.2, -0.15) is 0 Å². The van der Waals surface area contributed by atoms with E-state index in [-0.39, 0.29) is 18.1 Å². The van der Waals surface area contributed by atoms with Crippen LogP contribution in [-0.2, 0) is 9.47 Å². The van der Waals surface area contributed by atoms with Crippen LogP contribution in [0.3, 0.4) is 0 Å². The van der Waals surface area contributed by atoms with Crippen molar-refractivity contribution in [3.05, 3.63) is 0 Å². The lowest BCUT2D eigenvalue weighted by atomic mass is 9.88. The van der Waals surface area contributed by atoms with Crippen molar-refractivity contribution < 1.29 is 19.4 Å². The number of ether oxygens (including phenoxy) is 2. The average molecular weight is 444 g/mol. The Morgan fingerprint density at radius 2 is 1.42 bits per heavy atom. The third-order valence-electron chi connectivity index (χ3n) is 5.85. The Hall–Kier alpha value is -0.810. The monoisotopic (exact) mass is 443 g/mol. The molecule has 31 heavy (non-hydrogen) atoms. The molecule has 0 aromatic carbocycles. The van der Waals surface area contributed by atoms with Gasteiger partial charge in [0.05, 0.1) is 6.61 Å². The van der Waals surface area contributed by atoms with E-state index in [1.54, 1.807) is 0 Å². The van der Waals surface area contributed by atoms with Crippen molar-refractivity contribution in [2.75, 3.05) is 26.3 Å². The van der Waals surface area contributed by atoms with E-state index in [0.29, 0.717) is 13.2 Å². The zero-order valence-electron chi connectivity index (χ0n) is 21.2. The lowest BCUT2D eigenvalue weighted by Gasteiger charge is -2.25. The van der Waals surface area contributed by atoms with E-state index in [1.165, 1.54) is 51.4 Å². The first-order valence-corrected chi connectivity index (χ1v) is 13.1. The van der Waals surface area contributed by atoms with Crippen LogP contribution in [0.5, 0.6) is 0 Å². The molecule has 0 spiro atoms. The molecule has 0 bridgehead atoms. The smallest absolute Gasteiger partial charge is 0.434 e. The maximum atomic E-state index is 12.3. The number of nitrogens with one attached hydrogen (secondary N) is 1. The summed E-state index contributed by atoms with van der Waals surface area (Å²) in [5.74, 6) is 0. The van der Waals surface area contributed by atoms with Gasteiger partial charge >= 0.3 is 6.16 Å². The van der Waals surface area contributed by atoms with E-state index < -0.39 is 6.16 Å². The second kappa shape index (κ2) is 21.1. The van der Waals surface area contributed by atoms with Gasteiger partial charge in [0.15, 0.2) is 0 Å². The lowest BCUT2D eigenvalue weighted by molar-refractivity contribution is -0.00269. The van der Waals surface area contributed by atoms with Gasteiger partial charge in [0, 0.05) is 6.54 Å². The zero-order valence-corrected chi connectivity index (χ0v) is 21.2. The van der Waals surface area contributed by atoms with Gasteiger partial charge in [0.2, 0.25) is 0 Å². The largest absolute Gasteiger partial charge is 0.508 e. The first-order chi connectivity index (χ1) is 14.9. The number of carbonyl (C=O) groups is 1. The number of hydrogen-bond acceptors (Lipinski definition) is 5. The molecule has 0 aliphatic carbocycles. The molecule has 0 rings (SSSR count). The number of hydrogen-bond donors (Lipinski definition) is 2. The second-order valence-corrected chi connectivity index (χ2v) is 9.78. The topological polar surface area (TPSA) is 67.8 Å². The molecular formula is C26H53NO4. The fourth-order valence-corrected chi connectivity index (χ4v) is 3.77. The molecule has 0 aromatic heterocycles. The average Bonchev–Trinajstić information content (AvgIpc) is 2.74. The van der Waals surface area contributed by atoms with Gasteiger partial charge in [-0.1, -0.05) is 85.5 Å². The molecule has 0 radical (unpaired) electrons. The first-order valence-electron chi connectivity index (χ1n) is 13.1. The minimum atomic E-state index is -0.496.